The number of nitrogens with one attached hydrogen (secondary N) is 1. The Morgan fingerprint density at radius 1 is 1.24 bits per heavy atom. The molecule has 1 unspecified atom stereocenters. The van der Waals surface area contributed by atoms with Crippen LogP contribution >= 0.6 is 23.2 Å². The van der Waals surface area contributed by atoms with Crippen LogP contribution in [0.1, 0.15) is 36.8 Å². The van der Waals surface area contributed by atoms with Crippen molar-refractivity contribution >= 4 is 23.2 Å². The van der Waals surface area contributed by atoms with E-state index in [2.05, 4.69) is 30.3 Å². The van der Waals surface area contributed by atoms with Crippen LogP contribution in [0.25, 0.3) is 0 Å². The van der Waals surface area contributed by atoms with E-state index < -0.39 is 0 Å². The van der Waals surface area contributed by atoms with Gasteiger partial charge in [-0.05, 0) is 50.6 Å². The van der Waals surface area contributed by atoms with E-state index in [4.69, 9.17) is 23.2 Å². The first-order valence-corrected chi connectivity index (χ1v) is 8.02. The van der Waals surface area contributed by atoms with Crippen molar-refractivity contribution in [3.63, 3.8) is 0 Å². The van der Waals surface area contributed by atoms with Gasteiger partial charge in [0.05, 0.1) is 17.4 Å². The van der Waals surface area contributed by atoms with Gasteiger partial charge in [0, 0.05) is 16.6 Å². The van der Waals surface area contributed by atoms with Crippen molar-refractivity contribution in [2.45, 2.75) is 39.8 Å². The molecule has 0 aliphatic heterocycles. The average molecular weight is 326 g/mol. The Morgan fingerprint density at radius 2 is 2.00 bits per heavy atom. The van der Waals surface area contributed by atoms with Crippen LogP contribution < -0.4 is 5.32 Å². The average Bonchev–Trinajstić information content (AvgIpc) is 2.82. The van der Waals surface area contributed by atoms with E-state index in [9.17, 15) is 0 Å². The molecule has 0 bridgehead atoms. The zero-order valence-corrected chi connectivity index (χ0v) is 14.2. The number of nitrogens with zero attached hydrogens (tertiary/aromatic N) is 2. The fourth-order valence-electron chi connectivity index (χ4n) is 2.53. The molecule has 2 rings (SSSR count). The molecule has 1 aromatic heterocycles. The highest BCUT2D eigenvalue weighted by Crippen LogP contribution is 2.26. The van der Waals surface area contributed by atoms with Crippen LogP contribution in [-0.2, 0) is 13.0 Å². The molecule has 3 nitrogen and oxygen atoms in total. The number of likely N-dealkylation sites (N-methyl/N-ethyl adjacent to an activating group) is 1. The van der Waals surface area contributed by atoms with Crippen molar-refractivity contribution in [1.82, 2.24) is 15.1 Å². The molecule has 0 radical (unpaired) electrons. The third-order valence-corrected chi connectivity index (χ3v) is 4.07. The zero-order valence-electron chi connectivity index (χ0n) is 12.7. The van der Waals surface area contributed by atoms with Gasteiger partial charge in [-0.15, -0.1) is 0 Å². The number of aromatic nitrogens is 2. The highest BCUT2D eigenvalue weighted by Gasteiger charge is 2.18. The standard InChI is InChI=1S/C16H21Cl2N3/c1-4-19-15(16-8-11(3)20-21(16)5-2)9-12-6-7-13(17)10-14(12)18/h6-8,10,15,19H,4-5,9H2,1-3H3. The third kappa shape index (κ3) is 4.00. The van der Waals surface area contributed by atoms with E-state index >= 15 is 0 Å². The number of hydrogen-bond acceptors (Lipinski definition) is 2. The van der Waals surface area contributed by atoms with E-state index in [1.165, 1.54) is 5.69 Å². The summed E-state index contributed by atoms with van der Waals surface area (Å²) in [5, 5.41) is 9.44. The van der Waals surface area contributed by atoms with Gasteiger partial charge in [-0.1, -0.05) is 36.2 Å². The fraction of sp³-hybridized carbons (Fsp3) is 0.438. The molecule has 0 fully saturated rings. The van der Waals surface area contributed by atoms with Gasteiger partial charge in [-0.3, -0.25) is 4.68 Å². The zero-order chi connectivity index (χ0) is 15.4. The number of benzene rings is 1. The first kappa shape index (κ1) is 16.3. The van der Waals surface area contributed by atoms with Gasteiger partial charge in [0.25, 0.3) is 0 Å². The Bertz CT molecular complexity index is 608. The van der Waals surface area contributed by atoms with Gasteiger partial charge in [-0.25, -0.2) is 0 Å². The van der Waals surface area contributed by atoms with Gasteiger partial charge >= 0.3 is 0 Å². The van der Waals surface area contributed by atoms with E-state index in [-0.39, 0.29) is 6.04 Å². The molecular weight excluding hydrogens is 305 g/mol. The summed E-state index contributed by atoms with van der Waals surface area (Å²) < 4.78 is 2.05. The molecule has 1 atom stereocenters. The lowest BCUT2D eigenvalue weighted by Gasteiger charge is -2.20. The lowest BCUT2D eigenvalue weighted by molar-refractivity contribution is 0.490. The quantitative estimate of drug-likeness (QED) is 0.852. The Hall–Kier alpha value is -1.03. The van der Waals surface area contributed by atoms with Crippen molar-refractivity contribution in [3.05, 3.63) is 51.3 Å². The summed E-state index contributed by atoms with van der Waals surface area (Å²) in [6, 6.07) is 8.00. The van der Waals surface area contributed by atoms with Crippen LogP contribution in [0.15, 0.2) is 24.3 Å². The first-order chi connectivity index (χ1) is 10.0. The van der Waals surface area contributed by atoms with Gasteiger partial charge in [0.1, 0.15) is 0 Å². The maximum atomic E-state index is 6.31. The predicted molar refractivity (Wildman–Crippen MR) is 89.2 cm³/mol. The van der Waals surface area contributed by atoms with Gasteiger partial charge in [0.15, 0.2) is 0 Å². The van der Waals surface area contributed by atoms with Crippen molar-refractivity contribution in [1.29, 1.82) is 0 Å². The number of rotatable bonds is 6. The summed E-state index contributed by atoms with van der Waals surface area (Å²) in [6.45, 7) is 7.99. The molecule has 0 aliphatic carbocycles. The van der Waals surface area contributed by atoms with Crippen molar-refractivity contribution in [2.24, 2.45) is 0 Å². The molecule has 2 aromatic rings. The molecule has 0 amide bonds. The van der Waals surface area contributed by atoms with Gasteiger partial charge < -0.3 is 5.32 Å². The van der Waals surface area contributed by atoms with Gasteiger partial charge in [-0.2, -0.15) is 5.10 Å². The molecule has 1 N–H and O–H groups in total. The minimum Gasteiger partial charge on any atom is -0.309 e. The summed E-state index contributed by atoms with van der Waals surface area (Å²) in [6.07, 6.45) is 0.814. The number of hydrogen-bond donors (Lipinski definition) is 1. The summed E-state index contributed by atoms with van der Waals surface area (Å²) in [7, 11) is 0. The van der Waals surface area contributed by atoms with E-state index in [0.717, 1.165) is 30.8 Å². The van der Waals surface area contributed by atoms with Crippen LogP contribution in [0.4, 0.5) is 0 Å². The normalized spacial score (nSPS) is 12.6. The molecule has 114 valence electrons. The molecule has 5 heteroatoms. The second-order valence-corrected chi connectivity index (χ2v) is 5.92. The fourth-order valence-corrected chi connectivity index (χ4v) is 3.02. The van der Waals surface area contributed by atoms with Gasteiger partial charge in [0.2, 0.25) is 0 Å². The lowest BCUT2D eigenvalue weighted by Crippen LogP contribution is -2.25. The molecule has 0 saturated heterocycles. The molecule has 0 spiro atoms. The summed E-state index contributed by atoms with van der Waals surface area (Å²) in [4.78, 5) is 0. The maximum absolute atomic E-state index is 6.31. The van der Waals surface area contributed by atoms with E-state index in [0.29, 0.717) is 10.0 Å². The Labute approximate surface area is 136 Å². The second-order valence-electron chi connectivity index (χ2n) is 5.08. The first-order valence-electron chi connectivity index (χ1n) is 7.26. The lowest BCUT2D eigenvalue weighted by atomic mass is 10.0. The monoisotopic (exact) mass is 325 g/mol. The molecule has 21 heavy (non-hydrogen) atoms. The smallest absolute Gasteiger partial charge is 0.0597 e. The highest BCUT2D eigenvalue weighted by atomic mass is 35.5. The highest BCUT2D eigenvalue weighted by molar-refractivity contribution is 6.35. The number of halogens is 2. The molecule has 1 aromatic carbocycles. The minimum atomic E-state index is 0.190. The third-order valence-electron chi connectivity index (χ3n) is 3.48. The van der Waals surface area contributed by atoms with Crippen LogP contribution in [0.5, 0.6) is 0 Å². The Morgan fingerprint density at radius 3 is 2.62 bits per heavy atom. The van der Waals surface area contributed by atoms with E-state index in [1.54, 1.807) is 6.07 Å². The molecular formula is C16H21Cl2N3. The second kappa shape index (κ2) is 7.30. The Balaban J connectivity index is 2.30. The molecule has 0 aliphatic rings. The van der Waals surface area contributed by atoms with Crippen LogP contribution in [0, 0.1) is 6.92 Å². The SMILES string of the molecule is CCNC(Cc1ccc(Cl)cc1Cl)c1cc(C)nn1CC. The minimum absolute atomic E-state index is 0.190. The largest absolute Gasteiger partial charge is 0.309 e. The Kier molecular flexibility index (Phi) is 5.68. The van der Waals surface area contributed by atoms with Crippen LogP contribution in [-0.4, -0.2) is 16.3 Å². The van der Waals surface area contributed by atoms with Crippen molar-refractivity contribution in [2.75, 3.05) is 6.54 Å². The van der Waals surface area contributed by atoms with Crippen LogP contribution in [0.2, 0.25) is 10.0 Å². The summed E-state index contributed by atoms with van der Waals surface area (Å²) in [5.41, 5.74) is 3.33. The topological polar surface area (TPSA) is 29.9 Å². The van der Waals surface area contributed by atoms with Crippen molar-refractivity contribution in [3.8, 4) is 0 Å². The predicted octanol–water partition coefficient (Wildman–Crippen LogP) is 4.41. The van der Waals surface area contributed by atoms with E-state index in [1.807, 2.05) is 23.7 Å². The molecule has 0 saturated carbocycles. The molecule has 1 heterocycles. The number of aryl methyl sites for hydroxylation is 2. The summed E-state index contributed by atoms with van der Waals surface area (Å²) >= 11 is 12.3. The maximum Gasteiger partial charge on any atom is 0.0597 e. The summed E-state index contributed by atoms with van der Waals surface area (Å²) in [5.74, 6) is 0. The van der Waals surface area contributed by atoms with Crippen LogP contribution in [0.3, 0.4) is 0 Å². The van der Waals surface area contributed by atoms with Crippen molar-refractivity contribution < 1.29 is 0 Å².